The van der Waals surface area contributed by atoms with E-state index in [1.54, 1.807) is 12.1 Å². The van der Waals surface area contributed by atoms with Gasteiger partial charge in [0.1, 0.15) is 0 Å². The van der Waals surface area contributed by atoms with Crippen LogP contribution in [0, 0.1) is 5.39 Å². The molecule has 0 aromatic heterocycles. The van der Waals surface area contributed by atoms with E-state index < -0.39 is 0 Å². The van der Waals surface area contributed by atoms with Crippen molar-refractivity contribution < 1.29 is 5.11 Å². The summed E-state index contributed by atoms with van der Waals surface area (Å²) >= 11 is 0. The molecule has 1 aromatic carbocycles. The molecule has 0 saturated heterocycles. The molecule has 0 spiro atoms. The normalized spacial score (nSPS) is 11.7. The van der Waals surface area contributed by atoms with Crippen LogP contribution in [0.25, 0.3) is 10.7 Å². The molecule has 12 heavy (non-hydrogen) atoms. The van der Waals surface area contributed by atoms with Crippen molar-refractivity contribution in [2.24, 2.45) is 0 Å². The van der Waals surface area contributed by atoms with Crippen LogP contribution in [-0.4, -0.2) is 5.11 Å². The molecule has 0 aliphatic rings. The highest BCUT2D eigenvalue weighted by Gasteiger charge is 2.17. The van der Waals surface area contributed by atoms with E-state index in [4.69, 9.17) is 10.5 Å². The number of nitrogens with zero attached hydrogens (tertiary/aromatic N) is 2. The Morgan fingerprint density at radius 2 is 1.92 bits per heavy atom. The van der Waals surface area contributed by atoms with Crippen molar-refractivity contribution >= 4 is 5.70 Å². The van der Waals surface area contributed by atoms with E-state index in [1.807, 2.05) is 18.2 Å². The number of hydrogen-bond donors (Lipinski definition) is 1. The number of aliphatic hydroxyl groups is 1. The lowest BCUT2D eigenvalue weighted by atomic mass is 10.1. The number of rotatable bonds is 1. The first-order valence-corrected chi connectivity index (χ1v) is 3.56. The van der Waals surface area contributed by atoms with E-state index in [2.05, 4.69) is 4.98 Å². The van der Waals surface area contributed by atoms with Crippen molar-refractivity contribution in [3.8, 4) is 0 Å². The molecule has 0 amide bonds. The Hall–Kier alpha value is -1.82. The molecule has 0 aliphatic heterocycles. The third-order valence-electron chi connectivity index (χ3n) is 1.49. The van der Waals surface area contributed by atoms with Crippen molar-refractivity contribution in [2.75, 3.05) is 0 Å². The number of allylic oxidation sites excluding steroid dienone is 1. The van der Waals surface area contributed by atoms with Crippen molar-refractivity contribution in [3.05, 3.63) is 46.6 Å². The Morgan fingerprint density at radius 3 is 2.33 bits per heavy atom. The summed E-state index contributed by atoms with van der Waals surface area (Å²) < 4.78 is 0. The monoisotopic (exact) mass is 161 g/mol. The summed E-state index contributed by atoms with van der Waals surface area (Å²) in [5.74, 6) is 0.00343. The standard InChI is InChI=1S/C9H8N2O/c1-7(12)9(11-10)8-5-3-2-4-6-8/h2-6H,1H3/p+1/b9-7+. The average Bonchev–Trinajstić information content (AvgIpc) is 2.07. The van der Waals surface area contributed by atoms with Crippen LogP contribution in [0.5, 0.6) is 0 Å². The largest absolute Gasteiger partial charge is 0.505 e. The minimum Gasteiger partial charge on any atom is -0.505 e. The molecule has 0 atom stereocenters. The Balaban J connectivity index is 3.17. The molecule has 3 nitrogen and oxygen atoms in total. The molecule has 60 valence electrons. The van der Waals surface area contributed by atoms with Crippen molar-refractivity contribution in [2.45, 2.75) is 6.92 Å². The van der Waals surface area contributed by atoms with Gasteiger partial charge in [0.05, 0.1) is 5.56 Å². The topological polar surface area (TPSA) is 48.4 Å². The van der Waals surface area contributed by atoms with Gasteiger partial charge in [0.2, 0.25) is 5.39 Å². The zero-order valence-corrected chi connectivity index (χ0v) is 6.73. The summed E-state index contributed by atoms with van der Waals surface area (Å²) in [6.07, 6.45) is 0. The molecule has 3 heteroatoms. The molecule has 1 rings (SSSR count). The first kappa shape index (κ1) is 8.28. The van der Waals surface area contributed by atoms with Crippen LogP contribution in [0.15, 0.2) is 36.1 Å². The highest BCUT2D eigenvalue weighted by Crippen LogP contribution is 2.17. The zero-order chi connectivity index (χ0) is 8.97. The average molecular weight is 161 g/mol. The number of benzene rings is 1. The predicted octanol–water partition coefficient (Wildman–Crippen LogP) is 2.79. The smallest absolute Gasteiger partial charge is 0.428 e. The third kappa shape index (κ3) is 1.61. The molecule has 0 aliphatic carbocycles. The number of diazo groups is 1. The maximum absolute atomic E-state index is 9.09. The van der Waals surface area contributed by atoms with Crippen LogP contribution in [0.1, 0.15) is 12.5 Å². The van der Waals surface area contributed by atoms with E-state index in [-0.39, 0.29) is 11.5 Å². The summed E-state index contributed by atoms with van der Waals surface area (Å²) in [7, 11) is 0. The lowest BCUT2D eigenvalue weighted by Gasteiger charge is -1.88. The molecule has 0 radical (unpaired) electrons. The molecular weight excluding hydrogens is 152 g/mol. The fraction of sp³-hybridized carbons (Fsp3) is 0.111. The first-order valence-electron chi connectivity index (χ1n) is 3.56. The lowest BCUT2D eigenvalue weighted by molar-refractivity contribution is 0.417. The van der Waals surface area contributed by atoms with Gasteiger partial charge in [0.25, 0.3) is 0 Å². The molecule has 0 heterocycles. The van der Waals surface area contributed by atoms with Crippen LogP contribution in [0.2, 0.25) is 0 Å². The van der Waals surface area contributed by atoms with Gasteiger partial charge in [-0.05, 0) is 12.1 Å². The number of aliphatic hydroxyl groups excluding tert-OH is 1. The van der Waals surface area contributed by atoms with Gasteiger partial charge in [-0.2, -0.15) is 0 Å². The Bertz CT molecular complexity index is 331. The molecule has 0 unspecified atom stereocenters. The van der Waals surface area contributed by atoms with Gasteiger partial charge >= 0.3 is 5.70 Å². The highest BCUT2D eigenvalue weighted by atomic mass is 16.3. The van der Waals surface area contributed by atoms with Gasteiger partial charge < -0.3 is 5.11 Å². The molecule has 0 saturated carbocycles. The zero-order valence-electron chi connectivity index (χ0n) is 6.73. The second kappa shape index (κ2) is 3.54. The molecule has 1 aromatic rings. The minimum atomic E-state index is 0.00343. The Morgan fingerprint density at radius 1 is 1.33 bits per heavy atom. The third-order valence-corrected chi connectivity index (χ3v) is 1.49. The van der Waals surface area contributed by atoms with Crippen molar-refractivity contribution in [3.63, 3.8) is 0 Å². The Labute approximate surface area is 70.6 Å². The van der Waals surface area contributed by atoms with E-state index in [9.17, 15) is 0 Å². The van der Waals surface area contributed by atoms with Gasteiger partial charge in [-0.25, -0.2) is 0 Å². The summed E-state index contributed by atoms with van der Waals surface area (Å²) in [4.78, 5) is 2.99. The van der Waals surface area contributed by atoms with Crippen molar-refractivity contribution in [1.82, 2.24) is 0 Å². The fourth-order valence-corrected chi connectivity index (χ4v) is 0.935. The summed E-state index contributed by atoms with van der Waals surface area (Å²) in [6, 6.07) is 8.99. The highest BCUT2D eigenvalue weighted by molar-refractivity contribution is 5.71. The van der Waals surface area contributed by atoms with Gasteiger partial charge in [-0.1, -0.05) is 18.2 Å². The minimum absolute atomic E-state index is 0.00343. The van der Waals surface area contributed by atoms with Gasteiger partial charge in [-0.15, -0.1) is 0 Å². The summed E-state index contributed by atoms with van der Waals surface area (Å²) in [5.41, 5.74) is 0.899. The van der Waals surface area contributed by atoms with E-state index >= 15 is 0 Å². The Kier molecular flexibility index (Phi) is 2.44. The summed E-state index contributed by atoms with van der Waals surface area (Å²) in [6.45, 7) is 1.47. The second-order valence-corrected chi connectivity index (χ2v) is 2.40. The summed E-state index contributed by atoms with van der Waals surface area (Å²) in [5, 5.41) is 17.6. The van der Waals surface area contributed by atoms with Gasteiger partial charge in [-0.3, -0.25) is 0 Å². The molecular formula is C9H9N2O+. The first-order chi connectivity index (χ1) is 5.75. The van der Waals surface area contributed by atoms with E-state index in [0.29, 0.717) is 5.56 Å². The van der Waals surface area contributed by atoms with Crippen LogP contribution in [-0.2, 0) is 0 Å². The molecule has 0 fully saturated rings. The van der Waals surface area contributed by atoms with Crippen LogP contribution in [0.4, 0.5) is 0 Å². The predicted molar refractivity (Wildman–Crippen MR) is 46.7 cm³/mol. The fourth-order valence-electron chi connectivity index (χ4n) is 0.935. The van der Waals surface area contributed by atoms with Crippen LogP contribution in [0.3, 0.4) is 0 Å². The molecule has 0 bridgehead atoms. The number of hydrogen-bond acceptors (Lipinski definition) is 2. The van der Waals surface area contributed by atoms with Crippen LogP contribution < -0.4 is 0 Å². The SMILES string of the molecule is C/C(O)=C(\[N+]#N)c1ccccc1. The molecule has 1 N–H and O–H groups in total. The maximum atomic E-state index is 9.09. The van der Waals surface area contributed by atoms with Crippen molar-refractivity contribution in [1.29, 1.82) is 5.39 Å². The lowest BCUT2D eigenvalue weighted by Crippen LogP contribution is -1.82. The van der Waals surface area contributed by atoms with E-state index in [1.165, 1.54) is 6.92 Å². The van der Waals surface area contributed by atoms with Crippen LogP contribution >= 0.6 is 0 Å². The quantitative estimate of drug-likeness (QED) is 0.508. The van der Waals surface area contributed by atoms with E-state index in [0.717, 1.165) is 0 Å². The maximum Gasteiger partial charge on any atom is 0.428 e. The second-order valence-electron chi connectivity index (χ2n) is 2.40. The van der Waals surface area contributed by atoms with Gasteiger partial charge in [0.15, 0.2) is 10.7 Å². The van der Waals surface area contributed by atoms with Gasteiger partial charge in [0, 0.05) is 6.92 Å².